The van der Waals surface area contributed by atoms with Gasteiger partial charge in [-0.25, -0.2) is 4.39 Å². The molecule has 0 aliphatic rings. The van der Waals surface area contributed by atoms with Crippen LogP contribution >= 0.6 is 12.6 Å². The zero-order chi connectivity index (χ0) is 13.1. The molecule has 0 radical (unpaired) electrons. The molecule has 1 unspecified atom stereocenters. The van der Waals surface area contributed by atoms with E-state index in [-0.39, 0.29) is 11.6 Å². The minimum absolute atomic E-state index is 0.0269. The molecular formula is C13H12FNO2S. The van der Waals surface area contributed by atoms with Crippen LogP contribution in [0.5, 0.6) is 0 Å². The zero-order valence-electron chi connectivity index (χ0n) is 9.68. The number of hydrogen-bond donors (Lipinski definition) is 2. The van der Waals surface area contributed by atoms with Crippen molar-refractivity contribution in [1.29, 1.82) is 0 Å². The summed E-state index contributed by atoms with van der Waals surface area (Å²) in [6.07, 6.45) is 1.52. The number of hydrogen-bond acceptors (Lipinski definition) is 3. The van der Waals surface area contributed by atoms with Crippen molar-refractivity contribution in [3.63, 3.8) is 0 Å². The summed E-state index contributed by atoms with van der Waals surface area (Å²) in [4.78, 5) is 12.4. The Kier molecular flexibility index (Phi) is 3.72. The van der Waals surface area contributed by atoms with Crippen LogP contribution < -0.4 is 5.32 Å². The lowest BCUT2D eigenvalue weighted by molar-refractivity contribution is 0.0931. The van der Waals surface area contributed by atoms with Gasteiger partial charge < -0.3 is 9.73 Å². The first kappa shape index (κ1) is 12.7. The van der Waals surface area contributed by atoms with Crippen LogP contribution in [0.4, 0.5) is 4.39 Å². The predicted molar refractivity (Wildman–Crippen MR) is 68.2 cm³/mol. The molecular weight excluding hydrogens is 253 g/mol. The van der Waals surface area contributed by atoms with E-state index in [1.165, 1.54) is 24.5 Å². The third-order valence-corrected chi connectivity index (χ3v) is 2.79. The zero-order valence-corrected chi connectivity index (χ0v) is 10.6. The second-order valence-electron chi connectivity index (χ2n) is 3.87. The number of rotatable bonds is 3. The molecule has 1 heterocycles. The molecule has 0 bridgehead atoms. The van der Waals surface area contributed by atoms with Gasteiger partial charge in [0, 0.05) is 4.90 Å². The van der Waals surface area contributed by atoms with Crippen molar-refractivity contribution in [1.82, 2.24) is 5.32 Å². The maximum absolute atomic E-state index is 13.5. The molecule has 0 saturated heterocycles. The molecule has 1 atom stereocenters. The third kappa shape index (κ3) is 2.73. The van der Waals surface area contributed by atoms with Crippen molar-refractivity contribution >= 4 is 18.5 Å². The number of furan rings is 1. The highest BCUT2D eigenvalue weighted by Gasteiger charge is 2.16. The first-order valence-corrected chi connectivity index (χ1v) is 5.85. The Morgan fingerprint density at radius 2 is 2.22 bits per heavy atom. The van der Waals surface area contributed by atoms with Crippen LogP contribution in [-0.4, -0.2) is 5.91 Å². The molecule has 94 valence electrons. The van der Waals surface area contributed by atoms with Gasteiger partial charge in [-0.1, -0.05) is 0 Å². The van der Waals surface area contributed by atoms with E-state index in [4.69, 9.17) is 4.42 Å². The molecule has 0 saturated carbocycles. The highest BCUT2D eigenvalue weighted by atomic mass is 32.1. The number of halogens is 1. The second-order valence-corrected chi connectivity index (χ2v) is 4.39. The normalized spacial score (nSPS) is 12.2. The standard InChI is InChI=1S/C13H12FNO2S/c1-8(12-3-2-6-17-12)15-13(16)10-7-9(18)4-5-11(10)14/h2-8,18H,1H3,(H,15,16). The van der Waals surface area contributed by atoms with E-state index in [9.17, 15) is 9.18 Å². The largest absolute Gasteiger partial charge is 0.467 e. The lowest BCUT2D eigenvalue weighted by Gasteiger charge is -2.12. The van der Waals surface area contributed by atoms with Gasteiger partial charge in [0.1, 0.15) is 11.6 Å². The maximum atomic E-state index is 13.5. The average molecular weight is 265 g/mol. The van der Waals surface area contributed by atoms with Crippen LogP contribution in [-0.2, 0) is 0 Å². The van der Waals surface area contributed by atoms with Crippen LogP contribution in [0.3, 0.4) is 0 Å². The maximum Gasteiger partial charge on any atom is 0.254 e. The van der Waals surface area contributed by atoms with Crippen molar-refractivity contribution in [2.75, 3.05) is 0 Å². The number of nitrogens with one attached hydrogen (secondary N) is 1. The van der Waals surface area contributed by atoms with Gasteiger partial charge in [-0.15, -0.1) is 12.6 Å². The smallest absolute Gasteiger partial charge is 0.254 e. The van der Waals surface area contributed by atoms with Crippen molar-refractivity contribution in [3.8, 4) is 0 Å². The quantitative estimate of drug-likeness (QED) is 0.837. The summed E-state index contributed by atoms with van der Waals surface area (Å²) in [6.45, 7) is 1.76. The molecule has 3 nitrogen and oxygen atoms in total. The minimum Gasteiger partial charge on any atom is -0.467 e. The molecule has 1 N–H and O–H groups in total. The fourth-order valence-electron chi connectivity index (χ4n) is 1.57. The summed E-state index contributed by atoms with van der Waals surface area (Å²) in [6, 6.07) is 7.25. The van der Waals surface area contributed by atoms with E-state index in [0.29, 0.717) is 10.7 Å². The summed E-state index contributed by atoms with van der Waals surface area (Å²) in [5.41, 5.74) is -0.0269. The summed E-state index contributed by atoms with van der Waals surface area (Å²) in [5, 5.41) is 2.66. The number of carbonyl (C=O) groups is 1. The SMILES string of the molecule is CC(NC(=O)c1cc(S)ccc1F)c1ccco1. The van der Waals surface area contributed by atoms with Crippen LogP contribution in [0.25, 0.3) is 0 Å². The molecule has 0 aliphatic carbocycles. The van der Waals surface area contributed by atoms with Gasteiger partial charge in [-0.05, 0) is 37.3 Å². The molecule has 0 spiro atoms. The lowest BCUT2D eigenvalue weighted by atomic mass is 10.1. The van der Waals surface area contributed by atoms with E-state index < -0.39 is 11.7 Å². The highest BCUT2D eigenvalue weighted by molar-refractivity contribution is 7.80. The van der Waals surface area contributed by atoms with Gasteiger partial charge in [-0.2, -0.15) is 0 Å². The van der Waals surface area contributed by atoms with Crippen molar-refractivity contribution in [3.05, 3.63) is 53.7 Å². The van der Waals surface area contributed by atoms with E-state index in [1.807, 2.05) is 0 Å². The monoisotopic (exact) mass is 265 g/mol. The van der Waals surface area contributed by atoms with Gasteiger partial charge in [0.05, 0.1) is 17.9 Å². The van der Waals surface area contributed by atoms with Gasteiger partial charge in [0.15, 0.2) is 0 Å². The van der Waals surface area contributed by atoms with Crippen LogP contribution in [0, 0.1) is 5.82 Å². The van der Waals surface area contributed by atoms with E-state index in [0.717, 1.165) is 0 Å². The Bertz CT molecular complexity index is 554. The number of thiol groups is 1. The number of amides is 1. The van der Waals surface area contributed by atoms with Crippen molar-refractivity contribution in [2.45, 2.75) is 17.9 Å². The molecule has 1 aromatic carbocycles. The molecule has 1 amide bonds. The molecule has 2 aromatic rings. The van der Waals surface area contributed by atoms with E-state index in [2.05, 4.69) is 17.9 Å². The Labute approximate surface area is 109 Å². The fourth-order valence-corrected chi connectivity index (χ4v) is 1.77. The fraction of sp³-hybridized carbons (Fsp3) is 0.154. The van der Waals surface area contributed by atoms with Crippen LogP contribution in [0.1, 0.15) is 29.1 Å². The Balaban J connectivity index is 2.15. The Hall–Kier alpha value is -1.75. The molecule has 0 fully saturated rings. The summed E-state index contributed by atoms with van der Waals surface area (Å²) >= 11 is 4.08. The summed E-state index contributed by atoms with van der Waals surface area (Å²) in [5.74, 6) is -0.449. The second kappa shape index (κ2) is 5.27. The topological polar surface area (TPSA) is 42.2 Å². The van der Waals surface area contributed by atoms with Crippen molar-refractivity contribution < 1.29 is 13.6 Å². The Morgan fingerprint density at radius 3 is 2.89 bits per heavy atom. The number of carbonyl (C=O) groups excluding carboxylic acids is 1. The molecule has 1 aromatic heterocycles. The minimum atomic E-state index is -0.572. The van der Waals surface area contributed by atoms with Gasteiger partial charge in [0.25, 0.3) is 5.91 Å². The average Bonchev–Trinajstić information content (AvgIpc) is 2.85. The lowest BCUT2D eigenvalue weighted by Crippen LogP contribution is -2.27. The first-order valence-electron chi connectivity index (χ1n) is 5.40. The van der Waals surface area contributed by atoms with E-state index in [1.54, 1.807) is 19.1 Å². The van der Waals surface area contributed by atoms with Crippen molar-refractivity contribution in [2.24, 2.45) is 0 Å². The van der Waals surface area contributed by atoms with Crippen LogP contribution in [0.15, 0.2) is 45.9 Å². The third-order valence-electron chi connectivity index (χ3n) is 2.51. The first-order chi connectivity index (χ1) is 8.58. The summed E-state index contributed by atoms with van der Waals surface area (Å²) in [7, 11) is 0. The number of benzene rings is 1. The van der Waals surface area contributed by atoms with Gasteiger partial charge in [-0.3, -0.25) is 4.79 Å². The molecule has 0 aliphatic heterocycles. The molecule has 2 rings (SSSR count). The molecule has 18 heavy (non-hydrogen) atoms. The Morgan fingerprint density at radius 1 is 1.44 bits per heavy atom. The van der Waals surface area contributed by atoms with Crippen LogP contribution in [0.2, 0.25) is 0 Å². The summed E-state index contributed by atoms with van der Waals surface area (Å²) < 4.78 is 18.7. The van der Waals surface area contributed by atoms with E-state index >= 15 is 0 Å². The highest BCUT2D eigenvalue weighted by Crippen LogP contribution is 2.16. The predicted octanol–water partition coefficient (Wildman–Crippen LogP) is 3.20. The molecule has 5 heteroatoms. The van der Waals surface area contributed by atoms with Gasteiger partial charge >= 0.3 is 0 Å². The van der Waals surface area contributed by atoms with Gasteiger partial charge in [0.2, 0.25) is 0 Å².